The SMILES string of the molecule is Cc1nc(-c2cccc(NC(=O)C3(C(=O)O)CC3)c2)n[nH]1. The van der Waals surface area contributed by atoms with Gasteiger partial charge < -0.3 is 10.4 Å². The molecular formula is C14H14N4O3. The first-order valence-corrected chi connectivity index (χ1v) is 6.55. The van der Waals surface area contributed by atoms with Crippen molar-refractivity contribution in [3.05, 3.63) is 30.1 Å². The summed E-state index contributed by atoms with van der Waals surface area (Å²) in [6.07, 6.45) is 0.766. The number of aliphatic carboxylic acids is 1. The number of carboxylic acid groups (broad SMARTS) is 1. The number of hydrogen-bond donors (Lipinski definition) is 3. The average molecular weight is 286 g/mol. The minimum atomic E-state index is -1.25. The van der Waals surface area contributed by atoms with Gasteiger partial charge in [-0.3, -0.25) is 14.7 Å². The van der Waals surface area contributed by atoms with E-state index in [-0.39, 0.29) is 0 Å². The fourth-order valence-electron chi connectivity index (χ4n) is 2.12. The predicted molar refractivity (Wildman–Crippen MR) is 74.5 cm³/mol. The van der Waals surface area contributed by atoms with Gasteiger partial charge in [0.25, 0.3) is 0 Å². The number of nitrogens with zero attached hydrogens (tertiary/aromatic N) is 2. The number of benzene rings is 1. The number of carboxylic acids is 1. The van der Waals surface area contributed by atoms with E-state index in [2.05, 4.69) is 20.5 Å². The Morgan fingerprint density at radius 3 is 2.71 bits per heavy atom. The second kappa shape index (κ2) is 4.69. The zero-order chi connectivity index (χ0) is 15.0. The van der Waals surface area contributed by atoms with Crippen LogP contribution in [0.1, 0.15) is 18.7 Å². The number of anilines is 1. The zero-order valence-corrected chi connectivity index (χ0v) is 11.4. The molecule has 0 bridgehead atoms. The highest BCUT2D eigenvalue weighted by Gasteiger charge is 2.57. The fourth-order valence-corrected chi connectivity index (χ4v) is 2.12. The van der Waals surface area contributed by atoms with Crippen LogP contribution in [0.15, 0.2) is 24.3 Å². The minimum absolute atomic E-state index is 0.383. The molecule has 1 saturated carbocycles. The Balaban J connectivity index is 1.81. The highest BCUT2D eigenvalue weighted by molar-refractivity contribution is 6.10. The van der Waals surface area contributed by atoms with Crippen LogP contribution in [0.4, 0.5) is 5.69 Å². The topological polar surface area (TPSA) is 108 Å². The fraction of sp³-hybridized carbons (Fsp3) is 0.286. The molecule has 1 aliphatic carbocycles. The lowest BCUT2D eigenvalue weighted by Gasteiger charge is -2.11. The molecule has 108 valence electrons. The first-order valence-electron chi connectivity index (χ1n) is 6.55. The van der Waals surface area contributed by atoms with Crippen molar-refractivity contribution >= 4 is 17.6 Å². The first kappa shape index (κ1) is 13.3. The average Bonchev–Trinajstić information content (AvgIpc) is 3.16. The van der Waals surface area contributed by atoms with Gasteiger partial charge in [-0.25, -0.2) is 4.98 Å². The molecule has 7 heteroatoms. The molecule has 2 aromatic rings. The Labute approximate surface area is 120 Å². The number of rotatable bonds is 4. The third-order valence-electron chi connectivity index (χ3n) is 3.57. The number of nitrogens with one attached hydrogen (secondary N) is 2. The number of hydrogen-bond acceptors (Lipinski definition) is 4. The molecule has 1 heterocycles. The van der Waals surface area contributed by atoms with Crippen LogP contribution in [0, 0.1) is 12.3 Å². The van der Waals surface area contributed by atoms with E-state index in [1.807, 2.05) is 6.07 Å². The molecule has 1 amide bonds. The number of carbonyl (C=O) groups excluding carboxylic acids is 1. The van der Waals surface area contributed by atoms with E-state index in [1.165, 1.54) is 0 Å². The van der Waals surface area contributed by atoms with E-state index in [9.17, 15) is 9.59 Å². The number of amides is 1. The summed E-state index contributed by atoms with van der Waals surface area (Å²) in [6.45, 7) is 1.80. The molecular weight excluding hydrogens is 272 g/mol. The van der Waals surface area contributed by atoms with Gasteiger partial charge in [0.2, 0.25) is 5.91 Å². The van der Waals surface area contributed by atoms with Crippen molar-refractivity contribution in [3.8, 4) is 11.4 Å². The van der Waals surface area contributed by atoms with Crippen molar-refractivity contribution in [3.63, 3.8) is 0 Å². The quantitative estimate of drug-likeness (QED) is 0.739. The minimum Gasteiger partial charge on any atom is -0.480 e. The van der Waals surface area contributed by atoms with Gasteiger partial charge in [-0.1, -0.05) is 12.1 Å². The summed E-state index contributed by atoms with van der Waals surface area (Å²) in [5.41, 5.74) is 0.0294. The van der Waals surface area contributed by atoms with Crippen LogP contribution >= 0.6 is 0 Å². The molecule has 3 N–H and O–H groups in total. The highest BCUT2D eigenvalue weighted by atomic mass is 16.4. The molecule has 1 aliphatic rings. The summed E-state index contributed by atoms with van der Waals surface area (Å²) in [5.74, 6) is -0.315. The molecule has 1 aromatic heterocycles. The molecule has 0 atom stereocenters. The maximum atomic E-state index is 12.1. The van der Waals surface area contributed by atoms with Crippen LogP contribution in [-0.4, -0.2) is 32.2 Å². The van der Waals surface area contributed by atoms with E-state index in [0.717, 1.165) is 5.56 Å². The van der Waals surface area contributed by atoms with Crippen LogP contribution in [0.5, 0.6) is 0 Å². The van der Waals surface area contributed by atoms with Crippen molar-refractivity contribution in [2.75, 3.05) is 5.32 Å². The molecule has 3 rings (SSSR count). The number of aromatic amines is 1. The smallest absolute Gasteiger partial charge is 0.319 e. The second-order valence-corrected chi connectivity index (χ2v) is 5.17. The Morgan fingerprint density at radius 2 is 2.14 bits per heavy atom. The summed E-state index contributed by atoms with van der Waals surface area (Å²) in [5, 5.41) is 18.6. The number of carbonyl (C=O) groups is 2. The van der Waals surface area contributed by atoms with Gasteiger partial charge in [0, 0.05) is 11.3 Å². The largest absolute Gasteiger partial charge is 0.480 e. The van der Waals surface area contributed by atoms with Crippen LogP contribution in [0.3, 0.4) is 0 Å². The molecule has 0 aliphatic heterocycles. The monoisotopic (exact) mass is 286 g/mol. The van der Waals surface area contributed by atoms with Crippen LogP contribution < -0.4 is 5.32 Å². The van der Waals surface area contributed by atoms with Crippen molar-refractivity contribution in [1.82, 2.24) is 15.2 Å². The summed E-state index contributed by atoms with van der Waals surface area (Å²) in [4.78, 5) is 27.4. The van der Waals surface area contributed by atoms with Crippen molar-refractivity contribution < 1.29 is 14.7 Å². The van der Waals surface area contributed by atoms with Gasteiger partial charge in [-0.05, 0) is 31.9 Å². The van der Waals surface area contributed by atoms with Gasteiger partial charge >= 0.3 is 5.97 Å². The summed E-state index contributed by atoms with van der Waals surface area (Å²) < 4.78 is 0. The Hall–Kier alpha value is -2.70. The number of aromatic nitrogens is 3. The van der Waals surface area contributed by atoms with Crippen molar-refractivity contribution in [2.24, 2.45) is 5.41 Å². The number of aryl methyl sites for hydroxylation is 1. The van der Waals surface area contributed by atoms with E-state index in [0.29, 0.717) is 30.2 Å². The van der Waals surface area contributed by atoms with Gasteiger partial charge in [0.15, 0.2) is 5.82 Å². The normalized spacial score (nSPS) is 15.5. The van der Waals surface area contributed by atoms with Crippen LogP contribution in [0.25, 0.3) is 11.4 Å². The lowest BCUT2D eigenvalue weighted by Crippen LogP contribution is -2.31. The maximum Gasteiger partial charge on any atom is 0.319 e. The first-order chi connectivity index (χ1) is 10.0. The predicted octanol–water partition coefficient (Wildman–Crippen LogP) is 1.58. The molecule has 0 saturated heterocycles. The van der Waals surface area contributed by atoms with E-state index < -0.39 is 17.3 Å². The zero-order valence-electron chi connectivity index (χ0n) is 11.4. The third kappa shape index (κ3) is 2.37. The van der Waals surface area contributed by atoms with Crippen molar-refractivity contribution in [2.45, 2.75) is 19.8 Å². The Kier molecular flexibility index (Phi) is 2.97. The number of H-pyrrole nitrogens is 1. The maximum absolute atomic E-state index is 12.1. The van der Waals surface area contributed by atoms with Gasteiger partial charge in [0.1, 0.15) is 11.2 Å². The lowest BCUT2D eigenvalue weighted by atomic mass is 10.1. The van der Waals surface area contributed by atoms with E-state index in [4.69, 9.17) is 5.11 Å². The summed E-state index contributed by atoms with van der Waals surface area (Å²) in [6, 6.07) is 7.01. The van der Waals surface area contributed by atoms with Gasteiger partial charge in [0.05, 0.1) is 0 Å². The van der Waals surface area contributed by atoms with Crippen LogP contribution in [0.2, 0.25) is 0 Å². The highest BCUT2D eigenvalue weighted by Crippen LogP contribution is 2.46. The molecule has 1 aromatic carbocycles. The summed E-state index contributed by atoms with van der Waals surface area (Å²) in [7, 11) is 0. The summed E-state index contributed by atoms with van der Waals surface area (Å²) >= 11 is 0. The molecule has 7 nitrogen and oxygen atoms in total. The lowest BCUT2D eigenvalue weighted by molar-refractivity contribution is -0.147. The standard InChI is InChI=1S/C14H14N4O3/c1-8-15-11(18-17-8)9-3-2-4-10(7-9)16-12(19)14(5-6-14)13(20)21/h2-4,7H,5-6H2,1H3,(H,16,19)(H,20,21)(H,15,17,18). The van der Waals surface area contributed by atoms with E-state index >= 15 is 0 Å². The Morgan fingerprint density at radius 1 is 1.38 bits per heavy atom. The molecule has 0 radical (unpaired) electrons. The molecule has 0 spiro atoms. The second-order valence-electron chi connectivity index (χ2n) is 5.17. The Bertz CT molecular complexity index is 719. The van der Waals surface area contributed by atoms with Gasteiger partial charge in [-0.2, -0.15) is 5.10 Å². The molecule has 1 fully saturated rings. The van der Waals surface area contributed by atoms with Crippen LogP contribution in [-0.2, 0) is 9.59 Å². The molecule has 21 heavy (non-hydrogen) atoms. The third-order valence-corrected chi connectivity index (χ3v) is 3.57. The van der Waals surface area contributed by atoms with E-state index in [1.54, 1.807) is 25.1 Å². The molecule has 0 unspecified atom stereocenters. The van der Waals surface area contributed by atoms with Gasteiger partial charge in [-0.15, -0.1) is 0 Å². The van der Waals surface area contributed by atoms with Crippen molar-refractivity contribution in [1.29, 1.82) is 0 Å².